The monoisotopic (exact) mass is 234 g/mol. The largest absolute Gasteiger partial charge is 0.480 e. The topological polar surface area (TPSA) is 78.4 Å². The number of aryl methyl sites for hydroxylation is 2. The maximum Gasteiger partial charge on any atom is 0.328 e. The van der Waals surface area contributed by atoms with Gasteiger partial charge >= 0.3 is 12.0 Å². The molecule has 0 saturated carbocycles. The highest BCUT2D eigenvalue weighted by Gasteiger charge is 2.37. The Bertz CT molecular complexity index is 485. The van der Waals surface area contributed by atoms with E-state index in [0.717, 1.165) is 16.7 Å². The predicted molar refractivity (Wildman–Crippen MR) is 61.7 cm³/mol. The van der Waals surface area contributed by atoms with Gasteiger partial charge in [0, 0.05) is 0 Å². The van der Waals surface area contributed by atoms with E-state index in [-0.39, 0.29) is 0 Å². The van der Waals surface area contributed by atoms with Crippen LogP contribution in [-0.2, 0) is 4.79 Å². The number of rotatable bonds is 2. The van der Waals surface area contributed by atoms with E-state index in [9.17, 15) is 9.59 Å². The Kier molecular flexibility index (Phi) is 2.75. The van der Waals surface area contributed by atoms with Crippen LogP contribution in [0.1, 0.15) is 22.7 Å². The standard InChI is InChI=1S/C12H14N2O3/c1-6-3-4-8(5-7(6)2)9-10(11(15)16)14-12(17)13-9/h3-5,9-10H,1-2H3,(H,15,16)(H2,13,14,17). The number of urea groups is 1. The van der Waals surface area contributed by atoms with Crippen LogP contribution in [0.25, 0.3) is 0 Å². The molecule has 5 nitrogen and oxygen atoms in total. The van der Waals surface area contributed by atoms with Crippen LogP contribution >= 0.6 is 0 Å². The number of carbonyl (C=O) groups excluding carboxylic acids is 1. The third-order valence-corrected chi connectivity index (χ3v) is 3.06. The number of nitrogens with one attached hydrogen (secondary N) is 2. The number of carboxylic acid groups (broad SMARTS) is 1. The van der Waals surface area contributed by atoms with Crippen molar-refractivity contribution in [1.29, 1.82) is 0 Å². The highest BCUT2D eigenvalue weighted by Crippen LogP contribution is 2.23. The summed E-state index contributed by atoms with van der Waals surface area (Å²) in [6.07, 6.45) is 0. The lowest BCUT2D eigenvalue weighted by molar-refractivity contribution is -0.139. The Labute approximate surface area is 98.8 Å². The minimum atomic E-state index is -1.04. The molecule has 2 unspecified atom stereocenters. The fourth-order valence-corrected chi connectivity index (χ4v) is 1.93. The molecular formula is C12H14N2O3. The van der Waals surface area contributed by atoms with Gasteiger partial charge in [-0.25, -0.2) is 9.59 Å². The summed E-state index contributed by atoms with van der Waals surface area (Å²) in [5, 5.41) is 14.0. The Morgan fingerprint density at radius 3 is 2.53 bits per heavy atom. The summed E-state index contributed by atoms with van der Waals surface area (Å²) < 4.78 is 0. The summed E-state index contributed by atoms with van der Waals surface area (Å²) in [5.74, 6) is -1.04. The van der Waals surface area contributed by atoms with Gasteiger partial charge in [0.15, 0.2) is 6.04 Å². The van der Waals surface area contributed by atoms with Crippen molar-refractivity contribution in [1.82, 2.24) is 10.6 Å². The van der Waals surface area contributed by atoms with Gasteiger partial charge in [-0.05, 0) is 30.5 Å². The lowest BCUT2D eigenvalue weighted by atomic mass is 9.97. The van der Waals surface area contributed by atoms with Crippen molar-refractivity contribution in [2.45, 2.75) is 25.9 Å². The molecule has 0 aromatic heterocycles. The zero-order valence-electron chi connectivity index (χ0n) is 9.65. The molecular weight excluding hydrogens is 220 g/mol. The van der Waals surface area contributed by atoms with Crippen LogP contribution in [0.3, 0.4) is 0 Å². The molecule has 3 N–H and O–H groups in total. The van der Waals surface area contributed by atoms with Crippen LogP contribution < -0.4 is 10.6 Å². The average Bonchev–Trinajstić information content (AvgIpc) is 2.64. The maximum atomic E-state index is 11.2. The number of aliphatic carboxylic acids is 1. The summed E-state index contributed by atoms with van der Waals surface area (Å²) in [6.45, 7) is 3.94. The molecule has 5 heteroatoms. The van der Waals surface area contributed by atoms with Crippen LogP contribution in [-0.4, -0.2) is 23.1 Å². The summed E-state index contributed by atoms with van der Waals surface area (Å²) in [7, 11) is 0. The van der Waals surface area contributed by atoms with E-state index in [1.54, 1.807) is 0 Å². The molecule has 0 bridgehead atoms. The summed E-state index contributed by atoms with van der Waals surface area (Å²) in [4.78, 5) is 22.2. The van der Waals surface area contributed by atoms with Crippen LogP contribution in [0.2, 0.25) is 0 Å². The van der Waals surface area contributed by atoms with Crippen molar-refractivity contribution >= 4 is 12.0 Å². The SMILES string of the molecule is Cc1ccc(C2NC(=O)NC2C(=O)O)cc1C. The molecule has 1 aromatic rings. The Hall–Kier alpha value is -2.04. The molecule has 2 amide bonds. The Morgan fingerprint density at radius 1 is 1.24 bits per heavy atom. The van der Waals surface area contributed by atoms with E-state index in [1.165, 1.54) is 0 Å². The van der Waals surface area contributed by atoms with Crippen LogP contribution in [0.4, 0.5) is 4.79 Å². The average molecular weight is 234 g/mol. The van der Waals surface area contributed by atoms with Crippen molar-refractivity contribution in [2.75, 3.05) is 0 Å². The van der Waals surface area contributed by atoms with Crippen molar-refractivity contribution in [3.8, 4) is 0 Å². The molecule has 1 aromatic carbocycles. The zero-order chi connectivity index (χ0) is 12.6. The highest BCUT2D eigenvalue weighted by molar-refractivity contribution is 5.87. The van der Waals surface area contributed by atoms with Gasteiger partial charge < -0.3 is 15.7 Å². The first-order chi connectivity index (χ1) is 7.99. The molecule has 1 aliphatic rings. The number of amides is 2. The molecule has 1 aliphatic heterocycles. The Morgan fingerprint density at radius 2 is 1.94 bits per heavy atom. The molecule has 0 radical (unpaired) electrons. The van der Waals surface area contributed by atoms with Crippen LogP contribution in [0, 0.1) is 13.8 Å². The minimum Gasteiger partial charge on any atom is -0.480 e. The zero-order valence-corrected chi connectivity index (χ0v) is 9.65. The summed E-state index contributed by atoms with van der Waals surface area (Å²) in [5.41, 5.74) is 3.02. The van der Waals surface area contributed by atoms with Gasteiger partial charge in [-0.3, -0.25) is 0 Å². The molecule has 1 fully saturated rings. The van der Waals surface area contributed by atoms with Gasteiger partial charge in [0.2, 0.25) is 0 Å². The van der Waals surface area contributed by atoms with E-state index in [1.807, 2.05) is 32.0 Å². The smallest absolute Gasteiger partial charge is 0.328 e. The second-order valence-electron chi connectivity index (χ2n) is 4.26. The van der Waals surface area contributed by atoms with Crippen LogP contribution in [0.5, 0.6) is 0 Å². The van der Waals surface area contributed by atoms with E-state index < -0.39 is 24.1 Å². The third kappa shape index (κ3) is 2.08. The predicted octanol–water partition coefficient (Wildman–Crippen LogP) is 1.11. The number of carboxylic acids is 1. The first kappa shape index (κ1) is 11.4. The van der Waals surface area contributed by atoms with Gasteiger partial charge in [0.25, 0.3) is 0 Å². The molecule has 1 heterocycles. The lowest BCUT2D eigenvalue weighted by Crippen LogP contribution is -2.35. The van der Waals surface area contributed by atoms with Crippen molar-refractivity contribution < 1.29 is 14.7 Å². The van der Waals surface area contributed by atoms with Gasteiger partial charge in [0.1, 0.15) is 0 Å². The molecule has 1 saturated heterocycles. The number of hydrogen-bond donors (Lipinski definition) is 3. The van der Waals surface area contributed by atoms with Crippen LogP contribution in [0.15, 0.2) is 18.2 Å². The highest BCUT2D eigenvalue weighted by atomic mass is 16.4. The molecule has 2 atom stereocenters. The van der Waals surface area contributed by atoms with Crippen molar-refractivity contribution in [3.05, 3.63) is 34.9 Å². The number of benzene rings is 1. The Balaban J connectivity index is 2.34. The molecule has 0 aliphatic carbocycles. The lowest BCUT2D eigenvalue weighted by Gasteiger charge is -2.16. The molecule has 17 heavy (non-hydrogen) atoms. The van der Waals surface area contributed by atoms with E-state index in [2.05, 4.69) is 10.6 Å². The number of carbonyl (C=O) groups is 2. The van der Waals surface area contributed by atoms with E-state index >= 15 is 0 Å². The van der Waals surface area contributed by atoms with E-state index in [4.69, 9.17) is 5.11 Å². The summed E-state index contributed by atoms with van der Waals surface area (Å²) >= 11 is 0. The second-order valence-corrected chi connectivity index (χ2v) is 4.26. The quantitative estimate of drug-likeness (QED) is 0.717. The van der Waals surface area contributed by atoms with Crippen molar-refractivity contribution in [3.63, 3.8) is 0 Å². The molecule has 0 spiro atoms. The van der Waals surface area contributed by atoms with Gasteiger partial charge in [-0.15, -0.1) is 0 Å². The first-order valence-electron chi connectivity index (χ1n) is 5.36. The fraction of sp³-hybridized carbons (Fsp3) is 0.333. The van der Waals surface area contributed by atoms with Crippen molar-refractivity contribution in [2.24, 2.45) is 0 Å². The number of hydrogen-bond acceptors (Lipinski definition) is 2. The third-order valence-electron chi connectivity index (χ3n) is 3.06. The molecule has 90 valence electrons. The second kappa shape index (κ2) is 4.08. The van der Waals surface area contributed by atoms with Gasteiger partial charge in [0.05, 0.1) is 6.04 Å². The molecule has 2 rings (SSSR count). The fourth-order valence-electron chi connectivity index (χ4n) is 1.93. The van der Waals surface area contributed by atoms with Gasteiger partial charge in [-0.2, -0.15) is 0 Å². The minimum absolute atomic E-state index is 0.444. The summed E-state index contributed by atoms with van der Waals surface area (Å²) in [6, 6.07) is 3.80. The normalized spacial score (nSPS) is 23.1. The first-order valence-corrected chi connectivity index (χ1v) is 5.36. The maximum absolute atomic E-state index is 11.2. The van der Waals surface area contributed by atoms with E-state index in [0.29, 0.717) is 0 Å². The van der Waals surface area contributed by atoms with Gasteiger partial charge in [-0.1, -0.05) is 18.2 Å².